The summed E-state index contributed by atoms with van der Waals surface area (Å²) >= 11 is 3.88. The second kappa shape index (κ2) is 8.04. The summed E-state index contributed by atoms with van der Waals surface area (Å²) < 4.78 is 4.40. The summed E-state index contributed by atoms with van der Waals surface area (Å²) in [5.74, 6) is -2.54. The normalized spacial score (nSPS) is 13.8. The van der Waals surface area contributed by atoms with Gasteiger partial charge in [0.2, 0.25) is 0 Å². The van der Waals surface area contributed by atoms with Crippen LogP contribution in [-0.2, 0) is 19.1 Å². The molecule has 0 spiro atoms. The van der Waals surface area contributed by atoms with Gasteiger partial charge in [0.1, 0.15) is 12.1 Å². The molecule has 0 aromatic rings. The highest BCUT2D eigenvalue weighted by Crippen LogP contribution is 2.00. The Morgan fingerprint density at radius 3 is 2.00 bits per heavy atom. The standard InChI is InChI=1S/C9H16N2O5S/c10-5(1-2-7(12)13)8(14)16-9(15)6(11)3-4-17/h5-6,17H,1-4,10-11H2,(H,12,13)/t5-,6-/m0/s1. The van der Waals surface area contributed by atoms with Gasteiger partial charge in [0.05, 0.1) is 0 Å². The maximum Gasteiger partial charge on any atom is 0.330 e. The Balaban J connectivity index is 4.06. The average Bonchev–Trinajstić information content (AvgIpc) is 2.25. The van der Waals surface area contributed by atoms with Crippen LogP contribution in [-0.4, -0.2) is 40.9 Å². The molecule has 0 aliphatic heterocycles. The van der Waals surface area contributed by atoms with E-state index in [0.29, 0.717) is 5.75 Å². The van der Waals surface area contributed by atoms with E-state index in [1.54, 1.807) is 0 Å². The van der Waals surface area contributed by atoms with E-state index in [-0.39, 0.29) is 19.3 Å². The first-order chi connectivity index (χ1) is 7.88. The van der Waals surface area contributed by atoms with E-state index in [1.165, 1.54) is 0 Å². The highest BCUT2D eigenvalue weighted by Gasteiger charge is 2.23. The van der Waals surface area contributed by atoms with Crippen molar-refractivity contribution in [1.82, 2.24) is 0 Å². The molecule has 0 bridgehead atoms. The van der Waals surface area contributed by atoms with Gasteiger partial charge < -0.3 is 21.3 Å². The minimum absolute atomic E-state index is 0.0940. The molecule has 0 amide bonds. The van der Waals surface area contributed by atoms with Gasteiger partial charge in [-0.3, -0.25) is 4.79 Å². The first-order valence-corrected chi connectivity index (χ1v) is 5.61. The van der Waals surface area contributed by atoms with Crippen LogP contribution in [0.15, 0.2) is 0 Å². The van der Waals surface area contributed by atoms with Gasteiger partial charge in [0, 0.05) is 6.42 Å². The number of nitrogens with two attached hydrogens (primary N) is 2. The fraction of sp³-hybridized carbons (Fsp3) is 0.667. The lowest BCUT2D eigenvalue weighted by atomic mass is 10.2. The van der Waals surface area contributed by atoms with Gasteiger partial charge in [-0.2, -0.15) is 12.6 Å². The van der Waals surface area contributed by atoms with Crippen molar-refractivity contribution < 1.29 is 24.2 Å². The monoisotopic (exact) mass is 264 g/mol. The Morgan fingerprint density at radius 2 is 1.59 bits per heavy atom. The van der Waals surface area contributed by atoms with E-state index in [4.69, 9.17) is 16.6 Å². The summed E-state index contributed by atoms with van der Waals surface area (Å²) in [4.78, 5) is 32.7. The summed E-state index contributed by atoms with van der Waals surface area (Å²) in [5, 5.41) is 8.38. The lowest BCUT2D eigenvalue weighted by molar-refractivity contribution is -0.161. The molecule has 5 N–H and O–H groups in total. The van der Waals surface area contributed by atoms with Crippen LogP contribution in [0, 0.1) is 0 Å². The van der Waals surface area contributed by atoms with Crippen molar-refractivity contribution in [3.8, 4) is 0 Å². The van der Waals surface area contributed by atoms with E-state index in [0.717, 1.165) is 0 Å². The summed E-state index contributed by atoms with van der Waals surface area (Å²) in [6.45, 7) is 0. The Hall–Kier alpha value is -1.12. The Morgan fingerprint density at radius 1 is 1.12 bits per heavy atom. The predicted octanol–water partition coefficient (Wildman–Crippen LogP) is -1.10. The fourth-order valence-corrected chi connectivity index (χ4v) is 1.18. The van der Waals surface area contributed by atoms with Crippen LogP contribution in [0.25, 0.3) is 0 Å². The number of aliphatic carboxylic acids is 1. The lowest BCUT2D eigenvalue weighted by Crippen LogP contribution is -2.40. The summed E-state index contributed by atoms with van der Waals surface area (Å²) in [5.41, 5.74) is 10.7. The largest absolute Gasteiger partial charge is 0.481 e. The molecule has 0 saturated carbocycles. The number of rotatable bonds is 7. The van der Waals surface area contributed by atoms with Gasteiger partial charge in [0.15, 0.2) is 0 Å². The summed E-state index contributed by atoms with van der Waals surface area (Å²) in [7, 11) is 0. The van der Waals surface area contributed by atoms with E-state index < -0.39 is 30.0 Å². The number of ether oxygens (including phenoxy) is 1. The number of carbonyl (C=O) groups excluding carboxylic acids is 2. The maximum absolute atomic E-state index is 11.2. The van der Waals surface area contributed by atoms with Crippen LogP contribution < -0.4 is 11.5 Å². The van der Waals surface area contributed by atoms with Gasteiger partial charge in [-0.15, -0.1) is 0 Å². The van der Waals surface area contributed by atoms with Crippen molar-refractivity contribution in [3.63, 3.8) is 0 Å². The first kappa shape index (κ1) is 15.9. The highest BCUT2D eigenvalue weighted by molar-refractivity contribution is 7.80. The molecule has 0 rings (SSSR count). The van der Waals surface area contributed by atoms with Crippen molar-refractivity contribution in [1.29, 1.82) is 0 Å². The Bertz CT molecular complexity index is 297. The molecule has 7 nitrogen and oxygen atoms in total. The van der Waals surface area contributed by atoms with Crippen LogP contribution >= 0.6 is 12.6 Å². The van der Waals surface area contributed by atoms with E-state index in [2.05, 4.69) is 17.4 Å². The number of hydrogen-bond acceptors (Lipinski definition) is 7. The minimum atomic E-state index is -1.14. The number of carboxylic acids is 1. The highest BCUT2D eigenvalue weighted by atomic mass is 32.1. The van der Waals surface area contributed by atoms with Gasteiger partial charge >= 0.3 is 17.9 Å². The van der Waals surface area contributed by atoms with Crippen LogP contribution in [0.3, 0.4) is 0 Å². The second-order valence-corrected chi connectivity index (χ2v) is 3.85. The van der Waals surface area contributed by atoms with Gasteiger partial charge in [-0.05, 0) is 18.6 Å². The van der Waals surface area contributed by atoms with E-state index in [9.17, 15) is 14.4 Å². The van der Waals surface area contributed by atoms with E-state index >= 15 is 0 Å². The third-order valence-corrected chi connectivity index (χ3v) is 2.17. The lowest BCUT2D eigenvalue weighted by Gasteiger charge is -2.12. The molecule has 0 aliphatic carbocycles. The van der Waals surface area contributed by atoms with Crippen molar-refractivity contribution in [2.24, 2.45) is 11.5 Å². The van der Waals surface area contributed by atoms with Crippen LogP contribution in [0.5, 0.6) is 0 Å². The van der Waals surface area contributed by atoms with Crippen LogP contribution in [0.1, 0.15) is 19.3 Å². The third kappa shape index (κ3) is 6.93. The molecule has 0 fully saturated rings. The Labute approximate surface area is 104 Å². The molecule has 0 aromatic heterocycles. The topological polar surface area (TPSA) is 133 Å². The smallest absolute Gasteiger partial charge is 0.330 e. The molecule has 0 saturated heterocycles. The first-order valence-electron chi connectivity index (χ1n) is 4.97. The molecular weight excluding hydrogens is 248 g/mol. The van der Waals surface area contributed by atoms with Gasteiger partial charge in [0.25, 0.3) is 0 Å². The SMILES string of the molecule is N[C@@H](CCS)C(=O)OC(=O)[C@@H](N)CCC(=O)O. The zero-order valence-electron chi connectivity index (χ0n) is 9.17. The van der Waals surface area contributed by atoms with Gasteiger partial charge in [-0.1, -0.05) is 0 Å². The minimum Gasteiger partial charge on any atom is -0.481 e. The molecule has 0 aliphatic rings. The zero-order valence-corrected chi connectivity index (χ0v) is 10.1. The molecule has 98 valence electrons. The molecule has 0 heterocycles. The van der Waals surface area contributed by atoms with Crippen molar-refractivity contribution >= 4 is 30.5 Å². The summed E-state index contributed by atoms with van der Waals surface area (Å²) in [6.07, 6.45) is -0.0873. The maximum atomic E-state index is 11.2. The fourth-order valence-electron chi connectivity index (χ4n) is 0.904. The van der Waals surface area contributed by atoms with Gasteiger partial charge in [-0.25, -0.2) is 9.59 Å². The number of thiol groups is 1. The molecule has 8 heteroatoms. The molecular formula is C9H16N2O5S. The number of carbonyl (C=O) groups is 3. The third-order valence-electron chi connectivity index (χ3n) is 1.92. The zero-order chi connectivity index (χ0) is 13.4. The molecule has 0 radical (unpaired) electrons. The van der Waals surface area contributed by atoms with Crippen molar-refractivity contribution in [2.45, 2.75) is 31.3 Å². The van der Waals surface area contributed by atoms with Crippen molar-refractivity contribution in [2.75, 3.05) is 5.75 Å². The number of carboxylic acid groups (broad SMARTS) is 1. The quantitative estimate of drug-likeness (QED) is 0.260. The molecule has 0 aromatic carbocycles. The van der Waals surface area contributed by atoms with E-state index in [1.807, 2.05) is 0 Å². The number of esters is 2. The Kier molecular flexibility index (Phi) is 7.51. The van der Waals surface area contributed by atoms with Crippen LogP contribution in [0.4, 0.5) is 0 Å². The summed E-state index contributed by atoms with van der Waals surface area (Å²) in [6, 6.07) is -2.07. The second-order valence-electron chi connectivity index (χ2n) is 3.40. The average molecular weight is 264 g/mol. The molecule has 2 atom stereocenters. The molecule has 17 heavy (non-hydrogen) atoms. The number of hydrogen-bond donors (Lipinski definition) is 4. The predicted molar refractivity (Wildman–Crippen MR) is 62.4 cm³/mol. The molecule has 0 unspecified atom stereocenters. The van der Waals surface area contributed by atoms with Crippen LogP contribution in [0.2, 0.25) is 0 Å². The van der Waals surface area contributed by atoms with Crippen molar-refractivity contribution in [3.05, 3.63) is 0 Å².